The Balaban J connectivity index is 1.85. The maximum Gasteiger partial charge on any atom is 0.408 e. The summed E-state index contributed by atoms with van der Waals surface area (Å²) >= 11 is 0. The topological polar surface area (TPSA) is 155 Å². The molecular weight excluding hydrogens is 570 g/mol. The number of alkyl carbamates (subject to hydrolysis) is 1. The van der Waals surface area contributed by atoms with Crippen molar-refractivity contribution in [2.75, 3.05) is 7.11 Å². The first-order chi connectivity index (χ1) is 20.5. The number of rotatable bonds is 5. The summed E-state index contributed by atoms with van der Waals surface area (Å²) in [6.45, 7) is 9.41. The summed E-state index contributed by atoms with van der Waals surface area (Å²) in [5, 5.41) is 14.1. The molecule has 12 heteroatoms. The number of fused-ring (bicyclic) bond motifs is 5. The summed E-state index contributed by atoms with van der Waals surface area (Å²) in [5.74, 6) is -2.85. The molecule has 3 atom stereocenters. The van der Waals surface area contributed by atoms with Gasteiger partial charge in [0.05, 0.1) is 40.4 Å². The third-order valence-corrected chi connectivity index (χ3v) is 7.69. The summed E-state index contributed by atoms with van der Waals surface area (Å²) in [7, 11) is 3.13. The molecule has 0 saturated heterocycles. The van der Waals surface area contributed by atoms with Crippen molar-refractivity contribution in [1.82, 2.24) is 14.9 Å². The number of carbonyl (C=O) groups excluding carboxylic acids is 2. The van der Waals surface area contributed by atoms with Gasteiger partial charge in [0, 0.05) is 25.4 Å². The average molecular weight is 606 g/mol. The fraction of sp³-hybridized carbons (Fsp3) is 0.406. The van der Waals surface area contributed by atoms with Crippen LogP contribution in [0.25, 0.3) is 32.8 Å². The predicted molar refractivity (Wildman–Crippen MR) is 162 cm³/mol. The van der Waals surface area contributed by atoms with Crippen molar-refractivity contribution in [1.29, 1.82) is 0 Å². The number of nitrogens with one attached hydrogen (secondary N) is 1. The standard InChI is InChI=1S/C32H35N3O9/c1-15(36)42-27-22-20(43-32(5,6)23(27)24(29(38)39)34-30(40)44-31(2,3)4)14-19(41-8)21-25(22)35(7)28-17(26(21)37)13-16-11-9-10-12-18(16)33-28/h9-14,23-24,27H,1-8H3,(H,34,40)(H,38,39). The van der Waals surface area contributed by atoms with Crippen LogP contribution in [0.3, 0.4) is 0 Å². The van der Waals surface area contributed by atoms with Crippen molar-refractivity contribution < 1.29 is 38.4 Å². The molecule has 3 unspecified atom stereocenters. The van der Waals surface area contributed by atoms with Crippen LogP contribution in [0.2, 0.25) is 0 Å². The number of hydrogen-bond donors (Lipinski definition) is 2. The number of aromatic nitrogens is 2. The number of carbonyl (C=O) groups is 3. The second-order valence-electron chi connectivity index (χ2n) is 12.4. The lowest BCUT2D eigenvalue weighted by Gasteiger charge is -2.46. The van der Waals surface area contributed by atoms with Gasteiger partial charge in [0.15, 0.2) is 0 Å². The first-order valence-electron chi connectivity index (χ1n) is 14.1. The number of nitrogens with zero attached hydrogens (tertiary/aromatic N) is 2. The van der Waals surface area contributed by atoms with Gasteiger partial charge in [-0.1, -0.05) is 18.2 Å². The fourth-order valence-electron chi connectivity index (χ4n) is 6.02. The van der Waals surface area contributed by atoms with Crippen LogP contribution in [0.1, 0.15) is 53.2 Å². The van der Waals surface area contributed by atoms with Crippen molar-refractivity contribution in [3.8, 4) is 11.5 Å². The number of ether oxygens (including phenoxy) is 4. The first kappa shape index (κ1) is 30.6. The fourth-order valence-corrected chi connectivity index (χ4v) is 6.02. The van der Waals surface area contributed by atoms with E-state index in [1.165, 1.54) is 20.1 Å². The number of para-hydroxylation sites is 1. The van der Waals surface area contributed by atoms with Crippen molar-refractivity contribution in [2.45, 2.75) is 64.9 Å². The second-order valence-corrected chi connectivity index (χ2v) is 12.4. The van der Waals surface area contributed by atoms with E-state index in [0.29, 0.717) is 16.6 Å². The second kappa shape index (κ2) is 10.7. The van der Waals surface area contributed by atoms with Gasteiger partial charge in [0.2, 0.25) is 5.43 Å². The normalized spacial score (nSPS) is 18.3. The van der Waals surface area contributed by atoms with Gasteiger partial charge in [-0.2, -0.15) is 0 Å². The zero-order valence-electron chi connectivity index (χ0n) is 25.8. The van der Waals surface area contributed by atoms with Gasteiger partial charge in [-0.25, -0.2) is 14.6 Å². The Bertz CT molecular complexity index is 1910. The summed E-state index contributed by atoms with van der Waals surface area (Å²) < 4.78 is 25.0. The Labute approximate surface area is 252 Å². The Morgan fingerprint density at radius 2 is 1.84 bits per heavy atom. The van der Waals surface area contributed by atoms with E-state index >= 15 is 0 Å². The van der Waals surface area contributed by atoms with E-state index in [1.54, 1.807) is 52.3 Å². The molecule has 232 valence electrons. The van der Waals surface area contributed by atoms with E-state index in [-0.39, 0.29) is 33.4 Å². The number of aliphatic carboxylic acids is 1. The highest BCUT2D eigenvalue weighted by Gasteiger charge is 2.54. The minimum atomic E-state index is -1.63. The zero-order valence-corrected chi connectivity index (χ0v) is 25.8. The van der Waals surface area contributed by atoms with Gasteiger partial charge in [-0.3, -0.25) is 9.59 Å². The molecule has 2 N–H and O–H groups in total. The molecule has 4 aromatic rings. The van der Waals surface area contributed by atoms with Crippen LogP contribution in [0.5, 0.6) is 11.5 Å². The molecule has 5 rings (SSSR count). The monoisotopic (exact) mass is 605 g/mol. The van der Waals surface area contributed by atoms with Gasteiger partial charge in [0.1, 0.15) is 40.5 Å². The predicted octanol–water partition coefficient (Wildman–Crippen LogP) is 4.62. The van der Waals surface area contributed by atoms with Crippen LogP contribution in [-0.4, -0.2) is 57.0 Å². The molecule has 12 nitrogen and oxygen atoms in total. The molecule has 0 bridgehead atoms. The van der Waals surface area contributed by atoms with Gasteiger partial charge < -0.3 is 33.9 Å². The first-order valence-corrected chi connectivity index (χ1v) is 14.1. The van der Waals surface area contributed by atoms with E-state index in [9.17, 15) is 24.3 Å². The average Bonchev–Trinajstić information content (AvgIpc) is 2.91. The molecule has 0 fully saturated rings. The van der Waals surface area contributed by atoms with Crippen LogP contribution < -0.4 is 20.2 Å². The highest BCUT2D eigenvalue weighted by molar-refractivity contribution is 6.02. The Morgan fingerprint density at radius 3 is 2.45 bits per heavy atom. The van der Waals surface area contributed by atoms with Gasteiger partial charge in [0.25, 0.3) is 0 Å². The summed E-state index contributed by atoms with van der Waals surface area (Å²) in [6, 6.07) is 9.04. The van der Waals surface area contributed by atoms with Crippen molar-refractivity contribution in [3.63, 3.8) is 0 Å². The van der Waals surface area contributed by atoms with Gasteiger partial charge >= 0.3 is 18.0 Å². The number of methoxy groups -OCH3 is 1. The van der Waals surface area contributed by atoms with Gasteiger partial charge in [-0.15, -0.1) is 0 Å². The third kappa shape index (κ3) is 5.24. The number of benzene rings is 2. The minimum absolute atomic E-state index is 0.171. The van der Waals surface area contributed by atoms with E-state index in [1.807, 2.05) is 24.3 Å². The zero-order chi connectivity index (χ0) is 32.3. The number of carboxylic acids is 1. The molecule has 0 saturated carbocycles. The van der Waals surface area contributed by atoms with Gasteiger partial charge in [-0.05, 0) is 46.8 Å². The largest absolute Gasteiger partial charge is 0.496 e. The maximum absolute atomic E-state index is 14.2. The minimum Gasteiger partial charge on any atom is -0.496 e. The Hall–Kier alpha value is -4.87. The molecule has 44 heavy (non-hydrogen) atoms. The van der Waals surface area contributed by atoms with Crippen LogP contribution in [-0.2, 0) is 26.1 Å². The van der Waals surface area contributed by atoms with Crippen molar-refractivity contribution in [3.05, 3.63) is 52.2 Å². The number of aryl methyl sites for hydroxylation is 1. The van der Waals surface area contributed by atoms with E-state index < -0.39 is 47.3 Å². The van der Waals surface area contributed by atoms with Crippen LogP contribution in [0.15, 0.2) is 41.2 Å². The van der Waals surface area contributed by atoms with E-state index in [2.05, 4.69) is 5.32 Å². The maximum atomic E-state index is 14.2. The van der Waals surface area contributed by atoms with Crippen LogP contribution in [0, 0.1) is 5.92 Å². The molecule has 1 aliphatic heterocycles. The van der Waals surface area contributed by atoms with E-state index in [0.717, 1.165) is 5.39 Å². The number of hydrogen-bond acceptors (Lipinski definition) is 9. The number of pyridine rings is 2. The molecular formula is C32H35N3O9. The molecule has 1 amide bonds. The lowest BCUT2D eigenvalue weighted by molar-refractivity contribution is -0.165. The SMILES string of the molecule is COc1cc2c(c3c1c(=O)c1cc4ccccc4nc1n3C)C(OC(C)=O)C(C(NC(=O)OC(C)(C)C)C(=O)O)C(C)(C)O2. The summed E-state index contributed by atoms with van der Waals surface area (Å²) in [4.78, 5) is 57.1. The van der Waals surface area contributed by atoms with Crippen molar-refractivity contribution >= 4 is 50.9 Å². The van der Waals surface area contributed by atoms with Crippen LogP contribution in [0.4, 0.5) is 4.79 Å². The molecule has 1 aliphatic rings. The van der Waals surface area contributed by atoms with E-state index in [4.69, 9.17) is 23.9 Å². The summed E-state index contributed by atoms with van der Waals surface area (Å²) in [6.07, 6.45) is -2.26. The number of carboxylic acid groups (broad SMARTS) is 1. The van der Waals surface area contributed by atoms with Crippen LogP contribution >= 0.6 is 0 Å². The molecule has 3 heterocycles. The molecule has 2 aromatic carbocycles. The Kier molecular flexibility index (Phi) is 7.43. The number of amides is 1. The molecule has 0 spiro atoms. The quantitative estimate of drug-likeness (QED) is 0.243. The highest BCUT2D eigenvalue weighted by Crippen LogP contribution is 2.51. The number of esters is 1. The smallest absolute Gasteiger partial charge is 0.408 e. The lowest BCUT2D eigenvalue weighted by atomic mass is 9.74. The summed E-state index contributed by atoms with van der Waals surface area (Å²) in [5.41, 5.74) is -1.07. The molecule has 0 radical (unpaired) electrons. The highest BCUT2D eigenvalue weighted by atomic mass is 16.6. The third-order valence-electron chi connectivity index (χ3n) is 7.69. The Morgan fingerprint density at radius 1 is 1.16 bits per heavy atom. The van der Waals surface area contributed by atoms with Crippen molar-refractivity contribution in [2.24, 2.45) is 13.0 Å². The lowest BCUT2D eigenvalue weighted by Crippen LogP contribution is -2.59. The molecule has 0 aliphatic carbocycles. The molecule has 2 aromatic heterocycles.